The van der Waals surface area contributed by atoms with E-state index >= 15 is 0 Å². The van der Waals surface area contributed by atoms with Crippen LogP contribution in [-0.4, -0.2) is 51.4 Å². The summed E-state index contributed by atoms with van der Waals surface area (Å²) < 4.78 is 123. The summed E-state index contributed by atoms with van der Waals surface area (Å²) in [6.45, 7) is 2.01. The van der Waals surface area contributed by atoms with Gasteiger partial charge in [0.1, 0.15) is 0 Å². The summed E-state index contributed by atoms with van der Waals surface area (Å²) in [7, 11) is 0. The van der Waals surface area contributed by atoms with Crippen molar-refractivity contribution >= 4 is 29.4 Å². The summed E-state index contributed by atoms with van der Waals surface area (Å²) in [6, 6.07) is 2.06. The molecule has 18 heteroatoms. The number of benzene rings is 2. The summed E-state index contributed by atoms with van der Waals surface area (Å²) >= 11 is 0. The van der Waals surface area contributed by atoms with Crippen molar-refractivity contribution in [1.29, 1.82) is 0 Å². The van der Waals surface area contributed by atoms with E-state index in [1.54, 1.807) is 11.8 Å². The number of alkyl halides is 9. The number of aliphatic carboxylic acids is 1. The number of amides is 1. The Kier molecular flexibility index (Phi) is 9.86. The van der Waals surface area contributed by atoms with Crippen LogP contribution in [0, 0.1) is 5.92 Å². The third kappa shape index (κ3) is 7.83. The van der Waals surface area contributed by atoms with Gasteiger partial charge in [-0.2, -0.15) is 39.5 Å². The van der Waals surface area contributed by atoms with Crippen LogP contribution in [0.3, 0.4) is 0 Å². The van der Waals surface area contributed by atoms with E-state index < -0.39 is 71.7 Å². The van der Waals surface area contributed by atoms with Gasteiger partial charge in [-0.25, -0.2) is 14.8 Å². The highest BCUT2D eigenvalue weighted by Gasteiger charge is 2.40. The minimum absolute atomic E-state index is 0.00562. The quantitative estimate of drug-likeness (QED) is 0.209. The molecule has 0 bridgehead atoms. The highest BCUT2D eigenvalue weighted by molar-refractivity contribution is 5.89. The van der Waals surface area contributed by atoms with Crippen LogP contribution in [0.4, 0.5) is 61.6 Å². The number of carboxylic acids is 1. The zero-order valence-electron chi connectivity index (χ0n) is 26.1. The highest BCUT2D eigenvalue weighted by atomic mass is 19.4. The Bertz CT molecular complexity index is 1720. The molecule has 3 heterocycles. The number of nitrogens with zero attached hydrogens (tertiary/aromatic N) is 4. The molecule has 9 nitrogen and oxygen atoms in total. The van der Waals surface area contributed by atoms with Gasteiger partial charge in [0, 0.05) is 25.6 Å². The van der Waals surface area contributed by atoms with Crippen LogP contribution in [0.1, 0.15) is 72.2 Å². The summed E-state index contributed by atoms with van der Waals surface area (Å²) in [5.74, 6) is -1.91. The molecule has 0 radical (unpaired) electrons. The van der Waals surface area contributed by atoms with E-state index in [9.17, 15) is 59.3 Å². The van der Waals surface area contributed by atoms with Crippen molar-refractivity contribution in [3.63, 3.8) is 0 Å². The second kappa shape index (κ2) is 13.5. The number of halogens is 9. The first-order chi connectivity index (χ1) is 23.3. The average Bonchev–Trinajstić information content (AvgIpc) is 3.03. The van der Waals surface area contributed by atoms with Gasteiger partial charge in [0.2, 0.25) is 5.95 Å². The molecule has 5 rings (SSSR count). The highest BCUT2D eigenvalue weighted by Crippen LogP contribution is 2.43. The van der Waals surface area contributed by atoms with Crippen molar-refractivity contribution in [2.45, 2.75) is 69.6 Å². The molecule has 1 fully saturated rings. The summed E-state index contributed by atoms with van der Waals surface area (Å²) in [5.41, 5.74) is -4.36. The lowest BCUT2D eigenvalue weighted by molar-refractivity contribution is -0.144. The number of anilines is 3. The van der Waals surface area contributed by atoms with Crippen molar-refractivity contribution in [1.82, 2.24) is 9.97 Å². The predicted molar refractivity (Wildman–Crippen MR) is 161 cm³/mol. The van der Waals surface area contributed by atoms with Crippen LogP contribution in [-0.2, 0) is 29.7 Å². The van der Waals surface area contributed by atoms with Gasteiger partial charge in [0.15, 0.2) is 0 Å². The van der Waals surface area contributed by atoms with Crippen molar-refractivity contribution in [2.24, 2.45) is 5.92 Å². The second-order valence-corrected chi connectivity index (χ2v) is 12.1. The standard InChI is InChI=1S/C32H30F9N5O4/c1-2-21-14-23(22-13-18(30(33,34)35)3-4-25(22)46(21)29(49)50)43-28-42-15-26(45-7-5-17(6-8-45)27(47)48)24(44-28)11-16-9-19(31(36,37)38)12-20(10-16)32(39,40)41/h3-4,9-10,12-13,15,17,21,23H,2,5-8,11,14H2,1H3,(H,47,48)(H,49,50)(H,42,43,44)/t21-,23+/m1/s1. The van der Waals surface area contributed by atoms with E-state index in [4.69, 9.17) is 0 Å². The molecule has 2 aromatic carbocycles. The number of hydrogen-bond acceptors (Lipinski definition) is 6. The van der Waals surface area contributed by atoms with Crippen molar-refractivity contribution < 1.29 is 59.3 Å². The molecule has 270 valence electrons. The minimum atomic E-state index is -5.11. The smallest absolute Gasteiger partial charge is 0.416 e. The number of rotatable bonds is 7. The van der Waals surface area contributed by atoms with Crippen molar-refractivity contribution in [3.05, 3.63) is 76.1 Å². The zero-order valence-corrected chi connectivity index (χ0v) is 26.1. The maximum Gasteiger partial charge on any atom is 0.416 e. The first-order valence-electron chi connectivity index (χ1n) is 15.4. The monoisotopic (exact) mass is 719 g/mol. The third-order valence-corrected chi connectivity index (χ3v) is 8.89. The maximum atomic E-state index is 13.7. The Morgan fingerprint density at radius 1 is 0.860 bits per heavy atom. The number of fused-ring (bicyclic) bond motifs is 1. The average molecular weight is 720 g/mol. The fourth-order valence-electron chi connectivity index (χ4n) is 6.39. The molecular formula is C32H30F9N5O4. The van der Waals surface area contributed by atoms with Crippen LogP contribution >= 0.6 is 0 Å². The van der Waals surface area contributed by atoms with E-state index in [-0.39, 0.29) is 79.0 Å². The molecule has 50 heavy (non-hydrogen) atoms. The number of piperidine rings is 1. The molecule has 3 N–H and O–H groups in total. The Morgan fingerprint density at radius 3 is 1.98 bits per heavy atom. The van der Waals surface area contributed by atoms with E-state index in [1.807, 2.05) is 0 Å². The van der Waals surface area contributed by atoms with E-state index in [0.29, 0.717) is 12.1 Å². The van der Waals surface area contributed by atoms with E-state index in [2.05, 4.69) is 15.3 Å². The topological polar surface area (TPSA) is 119 Å². The fourth-order valence-corrected chi connectivity index (χ4v) is 6.39. The molecule has 1 amide bonds. The van der Waals surface area contributed by atoms with Gasteiger partial charge in [-0.15, -0.1) is 0 Å². The van der Waals surface area contributed by atoms with Crippen molar-refractivity contribution in [2.75, 3.05) is 28.2 Å². The van der Waals surface area contributed by atoms with Crippen LogP contribution in [0.2, 0.25) is 0 Å². The normalized spacial score (nSPS) is 18.9. The number of aromatic nitrogens is 2. The van der Waals surface area contributed by atoms with Crippen LogP contribution in [0.5, 0.6) is 0 Å². The molecule has 0 unspecified atom stereocenters. The van der Waals surface area contributed by atoms with Gasteiger partial charge in [0.05, 0.1) is 51.9 Å². The number of nitrogens with one attached hydrogen (secondary N) is 1. The van der Waals surface area contributed by atoms with Gasteiger partial charge in [0.25, 0.3) is 0 Å². The molecule has 1 aromatic heterocycles. The lowest BCUT2D eigenvalue weighted by Crippen LogP contribution is -2.45. The summed E-state index contributed by atoms with van der Waals surface area (Å²) in [4.78, 5) is 35.0. The first kappa shape index (κ1) is 36.5. The summed E-state index contributed by atoms with van der Waals surface area (Å²) in [5, 5.41) is 22.2. The van der Waals surface area contributed by atoms with Gasteiger partial charge in [-0.05, 0) is 73.2 Å². The Labute approximate surface area is 278 Å². The van der Waals surface area contributed by atoms with E-state index in [1.165, 1.54) is 6.20 Å². The molecular weight excluding hydrogens is 689 g/mol. The first-order valence-corrected chi connectivity index (χ1v) is 15.4. The minimum Gasteiger partial charge on any atom is -0.481 e. The number of carbonyl (C=O) groups is 2. The Morgan fingerprint density at radius 2 is 1.46 bits per heavy atom. The molecule has 0 aliphatic carbocycles. The summed E-state index contributed by atoms with van der Waals surface area (Å²) in [6.07, 6.45) is -15.0. The van der Waals surface area contributed by atoms with Crippen LogP contribution in [0.15, 0.2) is 42.6 Å². The predicted octanol–water partition coefficient (Wildman–Crippen LogP) is 8.24. The molecule has 0 saturated carbocycles. The molecule has 1 saturated heterocycles. The molecule has 3 aromatic rings. The maximum absolute atomic E-state index is 13.7. The lowest BCUT2D eigenvalue weighted by Gasteiger charge is -2.39. The molecule has 2 atom stereocenters. The fraction of sp³-hybridized carbons (Fsp3) is 0.438. The number of carboxylic acid groups (broad SMARTS) is 2. The van der Waals surface area contributed by atoms with Crippen molar-refractivity contribution in [3.8, 4) is 0 Å². The van der Waals surface area contributed by atoms with Crippen LogP contribution < -0.4 is 15.1 Å². The molecule has 2 aliphatic rings. The largest absolute Gasteiger partial charge is 0.481 e. The Hall–Kier alpha value is -4.77. The molecule has 0 spiro atoms. The van der Waals surface area contributed by atoms with Gasteiger partial charge in [-0.1, -0.05) is 6.92 Å². The van der Waals surface area contributed by atoms with E-state index in [0.717, 1.165) is 23.1 Å². The van der Waals surface area contributed by atoms with Gasteiger partial charge in [-0.3, -0.25) is 9.69 Å². The SMILES string of the molecule is CC[C@@H]1C[C@H](Nc2ncc(N3CCC(C(=O)O)CC3)c(Cc3cc(C(F)(F)F)cc(C(F)(F)F)c3)n2)c2cc(C(F)(F)F)ccc2N1C(=O)O. The Balaban J connectivity index is 1.58. The zero-order chi connectivity index (χ0) is 36.8. The second-order valence-electron chi connectivity index (χ2n) is 12.1. The third-order valence-electron chi connectivity index (χ3n) is 8.89. The van der Waals surface area contributed by atoms with Gasteiger partial charge < -0.3 is 20.4 Å². The molecule has 2 aliphatic heterocycles. The number of hydrogen-bond donors (Lipinski definition) is 3. The van der Waals surface area contributed by atoms with Gasteiger partial charge >= 0.3 is 30.6 Å². The lowest BCUT2D eigenvalue weighted by atomic mass is 9.89. The van der Waals surface area contributed by atoms with Crippen LogP contribution in [0.25, 0.3) is 0 Å².